The Morgan fingerprint density at radius 1 is 0.319 bits per heavy atom. The Hall–Kier alpha value is -0.560. The molecule has 0 radical (unpaired) electrons. The third kappa shape index (κ3) is 106. The van der Waals surface area contributed by atoms with E-state index in [1.807, 2.05) is 49.3 Å². The largest absolute Gasteiger partial charge is 0.391 e. The lowest BCUT2D eigenvalue weighted by molar-refractivity contribution is -0.926. The Balaban J connectivity index is -0.0000000630. The van der Waals surface area contributed by atoms with Crippen molar-refractivity contribution < 1.29 is 67.1 Å². The number of quaternary nitrogens is 7. The molecule has 0 saturated carbocycles. The molecular weight excluding hydrogens is 606 g/mol. The summed E-state index contributed by atoms with van der Waals surface area (Å²) in [6.45, 7) is 8.77. The van der Waals surface area contributed by atoms with Crippen LogP contribution < -0.4 is 0 Å². The summed E-state index contributed by atoms with van der Waals surface area (Å²) in [5.74, 6) is 0. The smallest absolute Gasteiger partial charge is 0.181 e. The Kier molecular flexibility index (Phi) is 45.1. The predicted octanol–water partition coefficient (Wildman–Crippen LogP) is -1.00. The normalized spacial score (nSPS) is 11.7. The van der Waals surface area contributed by atoms with Crippen LogP contribution in [0.25, 0.3) is 0 Å². The van der Waals surface area contributed by atoms with Gasteiger partial charge in [0.1, 0.15) is 13.1 Å². The van der Waals surface area contributed by atoms with Crippen LogP contribution >= 0.6 is 0 Å². The van der Waals surface area contributed by atoms with E-state index in [-0.39, 0.29) is 58.8 Å². The third-order valence-corrected chi connectivity index (χ3v) is 5.24. The number of likely N-dealkylation sites (N-methyl/N-ethyl adjacent to an activating group) is 2. The van der Waals surface area contributed by atoms with E-state index in [2.05, 4.69) is 84.3 Å². The minimum Gasteiger partial charge on any atom is -0.391 e. The topological polar surface area (TPSA) is 142 Å². The van der Waals surface area contributed by atoms with Crippen LogP contribution in [0.15, 0.2) is 0 Å². The molecule has 0 rings (SSSR count). The van der Waals surface area contributed by atoms with Gasteiger partial charge < -0.3 is 62.6 Å². The molecule has 14 heteroatoms. The average molecular weight is 703 g/mol. The van der Waals surface area contributed by atoms with E-state index >= 15 is 0 Å². The lowest BCUT2D eigenvalue weighted by Crippen LogP contribution is -2.42. The van der Waals surface area contributed by atoms with Crippen LogP contribution in [0.5, 0.6) is 0 Å². The van der Waals surface area contributed by atoms with Gasteiger partial charge in [0, 0.05) is 0 Å². The molecule has 0 aliphatic carbocycles. The van der Waals surface area contributed by atoms with Crippen molar-refractivity contribution in [1.82, 2.24) is 0 Å². The molecule has 0 aliphatic heterocycles. The van der Waals surface area contributed by atoms with Crippen molar-refractivity contribution in [1.29, 1.82) is 0 Å². The highest BCUT2D eigenvalue weighted by Crippen LogP contribution is 1.91. The molecule has 0 heterocycles. The fraction of sp³-hybridized carbons (Fsp3) is 1.00. The van der Waals surface area contributed by atoms with E-state index in [1.54, 1.807) is 14.1 Å². The monoisotopic (exact) mass is 703 g/mol. The van der Waals surface area contributed by atoms with Gasteiger partial charge in [-0.15, -0.1) is 0 Å². The van der Waals surface area contributed by atoms with Crippen molar-refractivity contribution in [2.24, 2.45) is 0 Å². The van der Waals surface area contributed by atoms with Crippen molar-refractivity contribution >= 4 is 0 Å². The molecule has 0 fully saturated rings. The highest BCUT2D eigenvalue weighted by Gasteiger charge is 2.10. The molecule has 7 N–H and O–H groups in total. The zero-order valence-electron chi connectivity index (χ0n) is 35.0. The van der Waals surface area contributed by atoms with Crippen molar-refractivity contribution in [3.63, 3.8) is 0 Å². The van der Waals surface area contributed by atoms with Crippen LogP contribution in [0.1, 0.15) is 21.3 Å². The van der Waals surface area contributed by atoms with E-state index in [1.165, 1.54) is 6.54 Å². The summed E-state index contributed by atoms with van der Waals surface area (Å²) in [7, 11) is 38.1. The van der Waals surface area contributed by atoms with Crippen molar-refractivity contribution in [3.05, 3.63) is 0 Å². The number of nitrogens with zero attached hydrogens (tertiary/aromatic N) is 7. The second kappa shape index (κ2) is 32.6. The molecule has 0 aromatic carbocycles. The average Bonchev–Trinajstić information content (AvgIpc) is 2.88. The van der Waals surface area contributed by atoms with Gasteiger partial charge in [0.15, 0.2) is 33.7 Å². The van der Waals surface area contributed by atoms with Crippen LogP contribution in [-0.2, 0) is 0 Å². The summed E-state index contributed by atoms with van der Waals surface area (Å²) in [5, 5.41) is 59.1. The summed E-state index contributed by atoms with van der Waals surface area (Å²) in [5.41, 5.74) is 0. The SMILES string of the molecule is C.CC[N+](C)(C)C.CC[N+](C)(C)CO.C[N+](C)(C)C.C[N+](C)(C)CCO.C[N+](C)(C)CO.C[N+](C)(CO)CCO.C[N+](C)(CO)CO. The minimum atomic E-state index is -0.0174. The molecule has 0 aromatic rings. The van der Waals surface area contributed by atoms with E-state index in [4.69, 9.17) is 35.7 Å². The highest BCUT2D eigenvalue weighted by atomic mass is 16.3. The van der Waals surface area contributed by atoms with Gasteiger partial charge in [-0.25, -0.2) is 0 Å². The van der Waals surface area contributed by atoms with Crippen molar-refractivity contribution in [2.75, 3.05) is 207 Å². The molecule has 0 bridgehead atoms. The minimum absolute atomic E-state index is 0. The zero-order valence-corrected chi connectivity index (χ0v) is 35.0. The number of hydrogen-bond acceptors (Lipinski definition) is 7. The summed E-state index contributed by atoms with van der Waals surface area (Å²) in [4.78, 5) is 0. The first-order valence-corrected chi connectivity index (χ1v) is 16.0. The summed E-state index contributed by atoms with van der Waals surface area (Å²) in [6.07, 6.45) is 0. The third-order valence-electron chi connectivity index (χ3n) is 5.24. The number of hydrogen-bond donors (Lipinski definition) is 7. The standard InChI is InChI=1S/C5H14NO2.2C5H14NO.C5H14N.C4H12NO2.C4H12NO.C4H12N.CH4/c1-6(2,5-8)3-4-7;1-6(2,3)4-5-7;1-4-6(2,3)5-7;1-5-6(2,3)4;1-5(2,3-6)4-7;1-5(2,3)4-6;1-5(2,3)4;/h7-8H,3-5H2,1-2H3;2*7H,4-5H2,1-3H3;5H2,1-4H3;6-7H,3-4H2,1-2H3;6H,4H2,1-3H3;1-4H3;1H4/q7*+1;. The maximum absolute atomic E-state index is 8.59. The van der Waals surface area contributed by atoms with Gasteiger partial charge in [0.25, 0.3) is 0 Å². The van der Waals surface area contributed by atoms with Gasteiger partial charge in [0.2, 0.25) is 0 Å². The Bertz CT molecular complexity index is 564. The van der Waals surface area contributed by atoms with Crippen molar-refractivity contribution in [3.8, 4) is 0 Å². The second-order valence-corrected chi connectivity index (χ2v) is 17.6. The molecule has 0 spiro atoms. The molecule has 0 aromatic heterocycles. The van der Waals surface area contributed by atoms with Crippen LogP contribution in [-0.4, -0.2) is 274 Å². The first-order chi connectivity index (χ1) is 20.0. The molecule has 0 aliphatic rings. The maximum atomic E-state index is 8.59. The molecular formula is C33H96N7O7+7. The van der Waals surface area contributed by atoms with Crippen molar-refractivity contribution in [2.45, 2.75) is 21.3 Å². The number of rotatable bonds is 11. The van der Waals surface area contributed by atoms with E-state index < -0.39 is 0 Å². The van der Waals surface area contributed by atoms with Crippen LogP contribution in [0.3, 0.4) is 0 Å². The lowest BCUT2D eigenvalue weighted by atomic mass is 10.5. The Morgan fingerprint density at radius 2 is 0.553 bits per heavy atom. The molecule has 47 heavy (non-hydrogen) atoms. The number of aliphatic hydroxyl groups excluding tert-OH is 7. The van der Waals surface area contributed by atoms with E-state index in [0.29, 0.717) is 20.0 Å². The van der Waals surface area contributed by atoms with Crippen LogP contribution in [0.4, 0.5) is 0 Å². The number of aliphatic hydroxyl groups is 7. The predicted molar refractivity (Wildman–Crippen MR) is 202 cm³/mol. The lowest BCUT2D eigenvalue weighted by Gasteiger charge is -2.25. The first kappa shape index (κ1) is 64.9. The summed E-state index contributed by atoms with van der Waals surface area (Å²) < 4.78 is 4.95. The molecule has 14 nitrogen and oxygen atoms in total. The van der Waals surface area contributed by atoms with Gasteiger partial charge in [-0.2, -0.15) is 0 Å². The van der Waals surface area contributed by atoms with Gasteiger partial charge in [-0.3, -0.25) is 4.48 Å². The highest BCUT2D eigenvalue weighted by molar-refractivity contribution is 4.21. The van der Waals surface area contributed by atoms with Gasteiger partial charge in [-0.05, 0) is 13.8 Å². The molecule has 0 atom stereocenters. The molecule has 0 unspecified atom stereocenters. The Labute approximate surface area is 295 Å². The van der Waals surface area contributed by atoms with E-state index in [9.17, 15) is 0 Å². The Morgan fingerprint density at radius 3 is 0.574 bits per heavy atom. The molecule has 0 amide bonds. The van der Waals surface area contributed by atoms with Gasteiger partial charge in [0.05, 0.1) is 160 Å². The van der Waals surface area contributed by atoms with Crippen LogP contribution in [0.2, 0.25) is 0 Å². The zero-order chi connectivity index (χ0) is 39.3. The fourth-order valence-corrected chi connectivity index (χ4v) is 0.786. The second-order valence-electron chi connectivity index (χ2n) is 17.6. The van der Waals surface area contributed by atoms with Gasteiger partial charge >= 0.3 is 0 Å². The van der Waals surface area contributed by atoms with Gasteiger partial charge in [-0.1, -0.05) is 7.43 Å². The first-order valence-electron chi connectivity index (χ1n) is 16.0. The quantitative estimate of drug-likeness (QED) is 0.108. The molecule has 0 saturated heterocycles. The van der Waals surface area contributed by atoms with Crippen LogP contribution in [0, 0.1) is 0 Å². The maximum Gasteiger partial charge on any atom is 0.181 e. The summed E-state index contributed by atoms with van der Waals surface area (Å²) in [6, 6.07) is 0. The van der Waals surface area contributed by atoms with E-state index in [0.717, 1.165) is 26.5 Å². The fourth-order valence-electron chi connectivity index (χ4n) is 0.786. The molecule has 298 valence electrons. The summed E-state index contributed by atoms with van der Waals surface area (Å²) >= 11 is 0.